The highest BCUT2D eigenvalue weighted by Gasteiger charge is 2.30. The molecule has 0 aromatic heterocycles. The van der Waals surface area contributed by atoms with Gasteiger partial charge in [0.1, 0.15) is 19.3 Å². The van der Waals surface area contributed by atoms with Crippen molar-refractivity contribution in [2.45, 2.75) is 303 Å². The van der Waals surface area contributed by atoms with Crippen molar-refractivity contribution < 1.29 is 80.2 Å². The summed E-state index contributed by atoms with van der Waals surface area (Å²) in [5.41, 5.74) is 0. The minimum absolute atomic E-state index is 0.0298. The first-order valence-electron chi connectivity index (χ1n) is 38.7. The fraction of sp³-hybridized carbons (Fsp3) is 0.639. The lowest BCUT2D eigenvalue weighted by atomic mass is 10.1. The molecule has 17 nitrogen and oxygen atoms in total. The lowest BCUT2D eigenvalue weighted by molar-refractivity contribution is -0.161. The number of hydrogen-bond acceptors (Lipinski definition) is 15. The Balaban J connectivity index is 5.44. The molecule has 0 aromatic carbocycles. The molecule has 0 saturated carbocycles. The Bertz CT molecular complexity index is 2550. The second kappa shape index (κ2) is 74.0. The van der Waals surface area contributed by atoms with Crippen LogP contribution in [0.15, 0.2) is 158 Å². The van der Waals surface area contributed by atoms with Crippen LogP contribution in [0.3, 0.4) is 0 Å². The van der Waals surface area contributed by atoms with Crippen LogP contribution in [0.5, 0.6) is 0 Å². The van der Waals surface area contributed by atoms with Gasteiger partial charge in [0.15, 0.2) is 12.2 Å². The van der Waals surface area contributed by atoms with Crippen LogP contribution >= 0.6 is 15.6 Å². The van der Waals surface area contributed by atoms with Crippen LogP contribution in [-0.4, -0.2) is 96.7 Å². The molecule has 0 fully saturated rings. The zero-order valence-electron chi connectivity index (χ0n) is 63.2. The van der Waals surface area contributed by atoms with Crippen LogP contribution in [0.25, 0.3) is 0 Å². The SMILES string of the molecule is CC/C=C\C/C=C\C/C=C\C/C=C\C/C=C\C/C=C\CCC(=O)OCC(COP(=O)(O)OCC(O)COP(=O)(O)OCC(COC(=O)CCCCCC/C=C\C/C=C\C/C=C\C/C=C\CC)OC(=O)CCCCCCC/C=C\C/C=C\CCC)OC(=O)CCCCCCC/C=C\CCCCCC. The number of ether oxygens (including phenoxy) is 4. The van der Waals surface area contributed by atoms with E-state index in [1.54, 1.807) is 0 Å². The molecule has 0 aliphatic carbocycles. The summed E-state index contributed by atoms with van der Waals surface area (Å²) in [6.07, 6.45) is 85.3. The number of phosphoric acid groups is 2. The quantitative estimate of drug-likeness (QED) is 0.0169. The highest BCUT2D eigenvalue weighted by molar-refractivity contribution is 7.47. The topological polar surface area (TPSA) is 237 Å². The molecule has 19 heteroatoms. The lowest BCUT2D eigenvalue weighted by Gasteiger charge is -2.21. The Morgan fingerprint density at radius 2 is 0.549 bits per heavy atom. The molecule has 0 aliphatic rings. The maximum Gasteiger partial charge on any atom is 0.472 e. The average Bonchev–Trinajstić information content (AvgIpc) is 0.909. The van der Waals surface area contributed by atoms with Gasteiger partial charge in [0, 0.05) is 25.7 Å². The molecule has 0 rings (SSSR count). The van der Waals surface area contributed by atoms with E-state index in [2.05, 4.69) is 167 Å². The Kier molecular flexibility index (Phi) is 70.1. The van der Waals surface area contributed by atoms with Gasteiger partial charge < -0.3 is 33.8 Å². The maximum atomic E-state index is 13.1. The summed E-state index contributed by atoms with van der Waals surface area (Å²) in [4.78, 5) is 72.9. The third-order valence-corrected chi connectivity index (χ3v) is 17.4. The molecule has 0 heterocycles. The minimum atomic E-state index is -5.00. The van der Waals surface area contributed by atoms with Crippen molar-refractivity contribution in [3.05, 3.63) is 158 Å². The Labute approximate surface area is 617 Å². The molecule has 5 atom stereocenters. The summed E-state index contributed by atoms with van der Waals surface area (Å²) in [5, 5.41) is 10.6. The average molecular weight is 1470 g/mol. The van der Waals surface area contributed by atoms with Crippen molar-refractivity contribution in [3.63, 3.8) is 0 Å². The van der Waals surface area contributed by atoms with Crippen LogP contribution in [0.4, 0.5) is 0 Å². The van der Waals surface area contributed by atoms with E-state index >= 15 is 0 Å². The number of hydrogen-bond donors (Lipinski definition) is 3. The standard InChI is InChI=1S/C83H136O17P2/c1-5-9-13-17-21-25-29-33-35-37-38-40-42-46-48-52-56-60-64-68-81(86)94-74-79(100-83(88)70-66-62-58-54-50-44-32-28-24-20-16-12-8-4)76-98-102(91,92)96-72-77(84)71-95-101(89,90)97-75-78(99-82(87)69-65-61-57-53-49-43-31-27-23-19-15-11-7-3)73-93-80(85)67-63-59-55-51-47-45-41-39-36-34-30-26-22-18-14-10-6-2/h9-10,13-15,19,21-22,25-28,31-36,38,40-41,45-46,48,56,60,77-79,84H,5-8,11-12,16-18,20,23-24,29-30,37,39,42-44,47,49-55,57-59,61-76H2,1-4H3,(H,89,90)(H,91,92)/b13-9-,14-10-,19-15-,25-21-,26-22-,31-27-,32-28-,35-33-,36-34-,40-38-,45-41-,48-46-,60-56-. The van der Waals surface area contributed by atoms with Crippen molar-refractivity contribution in [1.29, 1.82) is 0 Å². The first-order valence-corrected chi connectivity index (χ1v) is 41.7. The van der Waals surface area contributed by atoms with E-state index in [-0.39, 0.29) is 25.7 Å². The van der Waals surface area contributed by atoms with Crippen molar-refractivity contribution in [1.82, 2.24) is 0 Å². The molecule has 0 bridgehead atoms. The second-order valence-electron chi connectivity index (χ2n) is 25.2. The second-order valence-corrected chi connectivity index (χ2v) is 28.1. The number of aliphatic hydroxyl groups is 1. The van der Waals surface area contributed by atoms with E-state index in [9.17, 15) is 43.2 Å². The highest BCUT2D eigenvalue weighted by Crippen LogP contribution is 2.45. The fourth-order valence-electron chi connectivity index (χ4n) is 9.62. The number of carbonyl (C=O) groups is 4. The number of aliphatic hydroxyl groups excluding tert-OH is 1. The van der Waals surface area contributed by atoms with E-state index in [4.69, 9.17) is 37.0 Å². The van der Waals surface area contributed by atoms with E-state index in [1.165, 1.54) is 25.7 Å². The number of allylic oxidation sites excluding steroid dienone is 26. The molecule has 0 radical (unpaired) electrons. The van der Waals surface area contributed by atoms with Crippen molar-refractivity contribution in [3.8, 4) is 0 Å². The van der Waals surface area contributed by atoms with Crippen molar-refractivity contribution >= 4 is 39.5 Å². The molecule has 3 N–H and O–H groups in total. The minimum Gasteiger partial charge on any atom is -0.462 e. The van der Waals surface area contributed by atoms with Gasteiger partial charge in [-0.1, -0.05) is 263 Å². The molecule has 5 unspecified atom stereocenters. The predicted octanol–water partition coefficient (Wildman–Crippen LogP) is 22.4. The van der Waals surface area contributed by atoms with E-state index < -0.39 is 97.5 Å². The molecule has 0 aromatic rings. The van der Waals surface area contributed by atoms with E-state index in [0.29, 0.717) is 32.1 Å². The molecular formula is C83H136O17P2. The molecule has 0 aliphatic heterocycles. The number of unbranched alkanes of at least 4 members (excludes halogenated alkanes) is 19. The first-order chi connectivity index (χ1) is 49.7. The lowest BCUT2D eigenvalue weighted by Crippen LogP contribution is -2.30. The van der Waals surface area contributed by atoms with Crippen LogP contribution in [0.1, 0.15) is 285 Å². The van der Waals surface area contributed by atoms with Crippen molar-refractivity contribution in [2.24, 2.45) is 0 Å². The highest BCUT2D eigenvalue weighted by atomic mass is 31.2. The summed E-state index contributed by atoms with van der Waals surface area (Å²) in [7, 11) is -10.00. The van der Waals surface area contributed by atoms with Crippen LogP contribution in [0.2, 0.25) is 0 Å². The van der Waals surface area contributed by atoms with Gasteiger partial charge in [0.2, 0.25) is 0 Å². The summed E-state index contributed by atoms with van der Waals surface area (Å²) in [5.74, 6) is -2.33. The summed E-state index contributed by atoms with van der Waals surface area (Å²) in [6, 6.07) is 0. The van der Waals surface area contributed by atoms with E-state index in [1.807, 2.05) is 18.2 Å². The van der Waals surface area contributed by atoms with E-state index in [0.717, 1.165) is 173 Å². The summed E-state index contributed by atoms with van der Waals surface area (Å²) in [6.45, 7) is 4.41. The first kappa shape index (κ1) is 96.7. The number of phosphoric ester groups is 2. The monoisotopic (exact) mass is 1470 g/mol. The van der Waals surface area contributed by atoms with Gasteiger partial charge in [0.25, 0.3) is 0 Å². The predicted molar refractivity (Wildman–Crippen MR) is 417 cm³/mol. The van der Waals surface area contributed by atoms with Gasteiger partial charge in [0.05, 0.1) is 26.4 Å². The van der Waals surface area contributed by atoms with Gasteiger partial charge in [-0.05, 0) is 154 Å². The third kappa shape index (κ3) is 73.0. The molecule has 0 amide bonds. The number of rotatable bonds is 71. The van der Waals surface area contributed by atoms with Gasteiger partial charge in [-0.25, -0.2) is 9.13 Å². The number of carbonyl (C=O) groups excluding carboxylic acids is 4. The number of esters is 4. The van der Waals surface area contributed by atoms with Gasteiger partial charge >= 0.3 is 39.5 Å². The molecule has 102 heavy (non-hydrogen) atoms. The Morgan fingerprint density at radius 1 is 0.284 bits per heavy atom. The zero-order chi connectivity index (χ0) is 74.6. The van der Waals surface area contributed by atoms with Gasteiger partial charge in [-0.2, -0.15) is 0 Å². The largest absolute Gasteiger partial charge is 0.472 e. The Hall–Kier alpha value is -5.32. The molecule has 580 valence electrons. The van der Waals surface area contributed by atoms with Gasteiger partial charge in [-0.15, -0.1) is 0 Å². The zero-order valence-corrected chi connectivity index (χ0v) is 65.0. The Morgan fingerprint density at radius 3 is 0.892 bits per heavy atom. The molecular weight excluding hydrogens is 1330 g/mol. The fourth-order valence-corrected chi connectivity index (χ4v) is 11.2. The van der Waals surface area contributed by atoms with Crippen LogP contribution in [-0.2, 0) is 65.4 Å². The molecule has 0 saturated heterocycles. The maximum absolute atomic E-state index is 13.1. The van der Waals surface area contributed by atoms with Crippen LogP contribution in [0, 0.1) is 0 Å². The smallest absolute Gasteiger partial charge is 0.462 e. The van der Waals surface area contributed by atoms with Crippen LogP contribution < -0.4 is 0 Å². The van der Waals surface area contributed by atoms with Gasteiger partial charge in [-0.3, -0.25) is 37.3 Å². The summed E-state index contributed by atoms with van der Waals surface area (Å²) >= 11 is 0. The molecule has 0 spiro atoms. The van der Waals surface area contributed by atoms with Crippen molar-refractivity contribution in [2.75, 3.05) is 39.6 Å². The third-order valence-electron chi connectivity index (χ3n) is 15.5. The normalized spacial score (nSPS) is 14.8. The summed E-state index contributed by atoms with van der Waals surface area (Å²) < 4.78 is 68.4.